The lowest BCUT2D eigenvalue weighted by Gasteiger charge is -2.07. The van der Waals surface area contributed by atoms with E-state index in [1.54, 1.807) is 30.3 Å². The summed E-state index contributed by atoms with van der Waals surface area (Å²) >= 11 is 0. The molecule has 0 saturated carbocycles. The Kier molecular flexibility index (Phi) is 14.8. The molecule has 5 nitrogen and oxygen atoms in total. The maximum atomic E-state index is 12.1. The van der Waals surface area contributed by atoms with Gasteiger partial charge in [-0.2, -0.15) is 0 Å². The van der Waals surface area contributed by atoms with Crippen molar-refractivity contribution in [3.8, 4) is 17.2 Å². The predicted octanol–water partition coefficient (Wildman–Crippen LogP) is 8.31. The molecule has 36 heavy (non-hydrogen) atoms. The fraction of sp³-hybridized carbons (Fsp3) is 0.484. The van der Waals surface area contributed by atoms with Gasteiger partial charge in [-0.25, -0.2) is 4.79 Å². The number of hydrogen-bond acceptors (Lipinski definition) is 5. The number of carbonyl (C=O) groups excluding carboxylic acids is 2. The molecular formula is C31H42O5. The van der Waals surface area contributed by atoms with Crippen molar-refractivity contribution in [2.24, 2.45) is 0 Å². The third kappa shape index (κ3) is 13.1. The molecule has 0 amide bonds. The molecule has 0 N–H and O–H groups in total. The lowest BCUT2D eigenvalue weighted by Crippen LogP contribution is -2.07. The zero-order chi connectivity index (χ0) is 25.8. The molecule has 0 unspecified atom stereocenters. The van der Waals surface area contributed by atoms with Gasteiger partial charge in [-0.15, -0.1) is 0 Å². The van der Waals surface area contributed by atoms with Gasteiger partial charge in [-0.05, 0) is 60.9 Å². The summed E-state index contributed by atoms with van der Waals surface area (Å²) in [6, 6.07) is 14.1. The zero-order valence-corrected chi connectivity index (χ0v) is 22.0. The second-order valence-corrected chi connectivity index (χ2v) is 9.05. The van der Waals surface area contributed by atoms with Crippen LogP contribution in [0.3, 0.4) is 0 Å². The molecule has 0 spiro atoms. The van der Waals surface area contributed by atoms with Crippen molar-refractivity contribution in [3.63, 3.8) is 0 Å². The van der Waals surface area contributed by atoms with Gasteiger partial charge in [-0.1, -0.05) is 83.8 Å². The molecule has 0 atom stereocenters. The average molecular weight is 495 g/mol. The summed E-state index contributed by atoms with van der Waals surface area (Å²) in [6.07, 6.45) is 16.9. The number of hydrogen-bond donors (Lipinski definition) is 0. The summed E-state index contributed by atoms with van der Waals surface area (Å²) in [7, 11) is 0. The van der Waals surface area contributed by atoms with Gasteiger partial charge in [0.15, 0.2) is 0 Å². The van der Waals surface area contributed by atoms with Gasteiger partial charge in [0.2, 0.25) is 0 Å². The molecule has 5 heteroatoms. The first-order chi connectivity index (χ1) is 17.6. The summed E-state index contributed by atoms with van der Waals surface area (Å²) < 4.78 is 16.4. The zero-order valence-electron chi connectivity index (χ0n) is 22.0. The van der Waals surface area contributed by atoms with E-state index in [4.69, 9.17) is 14.2 Å². The minimum atomic E-state index is -0.478. The summed E-state index contributed by atoms with van der Waals surface area (Å²) in [5.41, 5.74) is 0.886. The lowest BCUT2D eigenvalue weighted by atomic mass is 10.1. The first-order valence-corrected chi connectivity index (χ1v) is 13.5. The number of benzene rings is 2. The summed E-state index contributed by atoms with van der Waals surface area (Å²) in [5.74, 6) is 0.924. The van der Waals surface area contributed by atoms with Gasteiger partial charge >= 0.3 is 11.9 Å². The van der Waals surface area contributed by atoms with E-state index < -0.39 is 5.97 Å². The van der Waals surface area contributed by atoms with Crippen molar-refractivity contribution >= 4 is 18.0 Å². The van der Waals surface area contributed by atoms with Crippen LogP contribution >= 0.6 is 0 Å². The first kappa shape index (κ1) is 29.2. The first-order valence-electron chi connectivity index (χ1n) is 13.5. The molecule has 0 saturated heterocycles. The molecule has 2 rings (SSSR count). The standard InChI is InChI=1S/C31H42O5/c1-3-5-7-8-9-10-11-12-13-25-34-27-18-15-26(16-19-27)17-24-31(33)36-29-22-20-28(21-23-29)35-30(32)14-6-4-2/h15-24H,3-14,25H2,1-2H3. The third-order valence-electron chi connectivity index (χ3n) is 5.82. The summed E-state index contributed by atoms with van der Waals surface area (Å²) in [6.45, 7) is 5.00. The highest BCUT2D eigenvalue weighted by atomic mass is 16.5. The monoisotopic (exact) mass is 494 g/mol. The highest BCUT2D eigenvalue weighted by Crippen LogP contribution is 2.19. The fourth-order valence-electron chi connectivity index (χ4n) is 3.67. The van der Waals surface area contributed by atoms with Crippen LogP contribution in [0.5, 0.6) is 17.2 Å². The average Bonchev–Trinajstić information content (AvgIpc) is 2.89. The quantitative estimate of drug-likeness (QED) is 0.0902. The van der Waals surface area contributed by atoms with Gasteiger partial charge in [-0.3, -0.25) is 4.79 Å². The van der Waals surface area contributed by atoms with Crippen LogP contribution in [0.15, 0.2) is 54.6 Å². The van der Waals surface area contributed by atoms with Gasteiger partial charge in [0.25, 0.3) is 0 Å². The molecule has 0 radical (unpaired) electrons. The smallest absolute Gasteiger partial charge is 0.336 e. The van der Waals surface area contributed by atoms with Crippen molar-refractivity contribution in [2.75, 3.05) is 6.61 Å². The SMILES string of the molecule is CCCCCCCCCCCOc1ccc(C=CC(=O)Oc2ccc(OC(=O)CCCC)cc2)cc1. The van der Waals surface area contributed by atoms with Crippen LogP contribution in [0, 0.1) is 0 Å². The minimum absolute atomic E-state index is 0.260. The van der Waals surface area contributed by atoms with Crippen LogP contribution in [0.2, 0.25) is 0 Å². The molecule has 196 valence electrons. The Hall–Kier alpha value is -3.08. The summed E-state index contributed by atoms with van der Waals surface area (Å²) in [5, 5.41) is 0. The number of carbonyl (C=O) groups is 2. The van der Waals surface area contributed by atoms with Gasteiger partial charge in [0.05, 0.1) is 6.61 Å². The normalized spacial score (nSPS) is 10.9. The van der Waals surface area contributed by atoms with E-state index in [9.17, 15) is 9.59 Å². The van der Waals surface area contributed by atoms with Crippen LogP contribution in [0.1, 0.15) is 96.5 Å². The van der Waals surface area contributed by atoms with Crippen LogP contribution in [0.25, 0.3) is 6.08 Å². The van der Waals surface area contributed by atoms with Crippen molar-refractivity contribution in [2.45, 2.75) is 90.9 Å². The van der Waals surface area contributed by atoms with E-state index >= 15 is 0 Å². The molecule has 0 aliphatic heterocycles. The van der Waals surface area contributed by atoms with Crippen molar-refractivity contribution in [3.05, 3.63) is 60.2 Å². The van der Waals surface area contributed by atoms with Crippen LogP contribution in [-0.4, -0.2) is 18.5 Å². The predicted molar refractivity (Wildman–Crippen MR) is 145 cm³/mol. The second-order valence-electron chi connectivity index (χ2n) is 9.05. The lowest BCUT2D eigenvalue weighted by molar-refractivity contribution is -0.134. The maximum absolute atomic E-state index is 12.1. The Bertz CT molecular complexity index is 900. The molecule has 0 bridgehead atoms. The Morgan fingerprint density at radius 1 is 0.639 bits per heavy atom. The van der Waals surface area contributed by atoms with Gasteiger partial charge < -0.3 is 14.2 Å². The molecule has 0 aliphatic carbocycles. The van der Waals surface area contributed by atoms with E-state index in [1.165, 1.54) is 57.4 Å². The van der Waals surface area contributed by atoms with Crippen LogP contribution in [0.4, 0.5) is 0 Å². The van der Waals surface area contributed by atoms with Crippen LogP contribution < -0.4 is 14.2 Å². The molecule has 2 aromatic carbocycles. The largest absolute Gasteiger partial charge is 0.494 e. The van der Waals surface area contributed by atoms with E-state index in [-0.39, 0.29) is 5.97 Å². The Labute approximate surface area is 216 Å². The van der Waals surface area contributed by atoms with Gasteiger partial charge in [0, 0.05) is 12.5 Å². The number of ether oxygens (including phenoxy) is 3. The van der Waals surface area contributed by atoms with Crippen molar-refractivity contribution in [1.82, 2.24) is 0 Å². The fourth-order valence-corrected chi connectivity index (χ4v) is 3.67. The minimum Gasteiger partial charge on any atom is -0.494 e. The highest BCUT2D eigenvalue weighted by Gasteiger charge is 2.06. The Balaban J connectivity index is 1.63. The van der Waals surface area contributed by atoms with Gasteiger partial charge in [0.1, 0.15) is 17.2 Å². The number of esters is 2. The molecule has 0 aromatic heterocycles. The van der Waals surface area contributed by atoms with Crippen molar-refractivity contribution < 1.29 is 23.8 Å². The Morgan fingerprint density at radius 3 is 1.78 bits per heavy atom. The Morgan fingerprint density at radius 2 is 1.17 bits per heavy atom. The third-order valence-corrected chi connectivity index (χ3v) is 5.82. The molecule has 0 heterocycles. The maximum Gasteiger partial charge on any atom is 0.336 e. The molecule has 0 aliphatic rings. The van der Waals surface area contributed by atoms with Crippen LogP contribution in [-0.2, 0) is 9.59 Å². The molecular weight excluding hydrogens is 452 g/mol. The van der Waals surface area contributed by atoms with E-state index in [0.717, 1.165) is 37.2 Å². The molecule has 0 fully saturated rings. The number of unbranched alkanes of at least 4 members (excludes halogenated alkanes) is 9. The number of rotatable bonds is 18. The van der Waals surface area contributed by atoms with E-state index in [2.05, 4.69) is 6.92 Å². The topological polar surface area (TPSA) is 61.8 Å². The summed E-state index contributed by atoms with van der Waals surface area (Å²) in [4.78, 5) is 23.8. The second kappa shape index (κ2) is 18.2. The molecule has 2 aromatic rings. The highest BCUT2D eigenvalue weighted by molar-refractivity contribution is 5.88. The van der Waals surface area contributed by atoms with E-state index in [0.29, 0.717) is 17.9 Å². The van der Waals surface area contributed by atoms with E-state index in [1.807, 2.05) is 31.2 Å². The van der Waals surface area contributed by atoms with Crippen molar-refractivity contribution in [1.29, 1.82) is 0 Å².